The summed E-state index contributed by atoms with van der Waals surface area (Å²) in [5, 5.41) is 0. The first-order valence-electron chi connectivity index (χ1n) is 7.36. The summed E-state index contributed by atoms with van der Waals surface area (Å²) in [6.07, 6.45) is 7.71. The van der Waals surface area contributed by atoms with E-state index in [1.807, 2.05) is 0 Å². The third-order valence-corrected chi connectivity index (χ3v) is 3.84. The summed E-state index contributed by atoms with van der Waals surface area (Å²) in [4.78, 5) is 2.56. The Morgan fingerprint density at radius 2 is 1.55 bits per heavy atom. The maximum atomic E-state index is 6.26. The van der Waals surface area contributed by atoms with Gasteiger partial charge in [0.05, 0.1) is 0 Å². The minimum absolute atomic E-state index is 0. The lowest BCUT2D eigenvalue weighted by atomic mass is 10.1. The average molecular weight is 319 g/mol. The van der Waals surface area contributed by atoms with Crippen molar-refractivity contribution in [1.82, 2.24) is 4.90 Å². The van der Waals surface area contributed by atoms with Crippen molar-refractivity contribution in [3.05, 3.63) is 35.9 Å². The molecule has 1 atom stereocenters. The summed E-state index contributed by atoms with van der Waals surface area (Å²) in [5.41, 5.74) is 7.67. The molecule has 0 amide bonds. The first kappa shape index (κ1) is 19.7. The molecule has 1 aromatic rings. The predicted octanol–water partition coefficient (Wildman–Crippen LogP) is 3.67. The van der Waals surface area contributed by atoms with E-state index < -0.39 is 0 Å². The van der Waals surface area contributed by atoms with Gasteiger partial charge in [0.15, 0.2) is 0 Å². The summed E-state index contributed by atoms with van der Waals surface area (Å²) in [6.45, 7) is 3.57. The highest BCUT2D eigenvalue weighted by atomic mass is 35.5. The molecule has 116 valence electrons. The normalized spacial score (nSPS) is 17.4. The van der Waals surface area contributed by atoms with Crippen LogP contribution in [-0.2, 0) is 6.42 Å². The van der Waals surface area contributed by atoms with Crippen LogP contribution in [0.2, 0.25) is 0 Å². The van der Waals surface area contributed by atoms with E-state index in [-0.39, 0.29) is 24.8 Å². The molecule has 1 aromatic carbocycles. The van der Waals surface area contributed by atoms with Gasteiger partial charge < -0.3 is 10.6 Å². The average Bonchev–Trinajstić information content (AvgIpc) is 2.66. The van der Waals surface area contributed by atoms with Gasteiger partial charge in [-0.1, -0.05) is 43.2 Å². The van der Waals surface area contributed by atoms with Gasteiger partial charge in [0, 0.05) is 12.6 Å². The monoisotopic (exact) mass is 318 g/mol. The molecule has 1 fully saturated rings. The first-order chi connectivity index (χ1) is 8.84. The molecule has 1 saturated heterocycles. The topological polar surface area (TPSA) is 29.3 Å². The van der Waals surface area contributed by atoms with Gasteiger partial charge in [-0.05, 0) is 44.3 Å². The molecule has 0 aliphatic carbocycles. The molecular weight excluding hydrogens is 291 g/mol. The molecule has 2 rings (SSSR count). The van der Waals surface area contributed by atoms with Crippen LogP contribution in [0.25, 0.3) is 0 Å². The van der Waals surface area contributed by atoms with E-state index >= 15 is 0 Å². The van der Waals surface area contributed by atoms with E-state index in [1.165, 1.54) is 44.3 Å². The molecule has 20 heavy (non-hydrogen) atoms. The smallest absolute Gasteiger partial charge is 0.0170 e. The number of aryl methyl sites for hydroxylation is 1. The van der Waals surface area contributed by atoms with Crippen LogP contribution in [-0.4, -0.2) is 30.6 Å². The number of nitrogens with zero attached hydrogens (tertiary/aromatic N) is 1. The lowest BCUT2D eigenvalue weighted by Gasteiger charge is -2.23. The molecule has 0 saturated carbocycles. The van der Waals surface area contributed by atoms with Crippen molar-refractivity contribution in [2.24, 2.45) is 5.73 Å². The summed E-state index contributed by atoms with van der Waals surface area (Å²) >= 11 is 0. The Hall–Kier alpha value is -0.280. The van der Waals surface area contributed by atoms with Crippen molar-refractivity contribution in [1.29, 1.82) is 0 Å². The number of nitrogens with two attached hydrogens (primary N) is 1. The Kier molecular flexibility index (Phi) is 11.2. The Morgan fingerprint density at radius 1 is 0.950 bits per heavy atom. The van der Waals surface area contributed by atoms with Gasteiger partial charge in [0.25, 0.3) is 0 Å². The summed E-state index contributed by atoms with van der Waals surface area (Å²) in [7, 11) is 0. The Balaban J connectivity index is 0.00000180. The van der Waals surface area contributed by atoms with Crippen LogP contribution >= 0.6 is 24.8 Å². The Morgan fingerprint density at radius 3 is 2.15 bits per heavy atom. The van der Waals surface area contributed by atoms with Crippen molar-refractivity contribution in [3.8, 4) is 0 Å². The van der Waals surface area contributed by atoms with E-state index in [4.69, 9.17) is 5.73 Å². The lowest BCUT2D eigenvalue weighted by Crippen LogP contribution is -2.38. The van der Waals surface area contributed by atoms with Crippen LogP contribution < -0.4 is 5.73 Å². The van der Waals surface area contributed by atoms with Crippen molar-refractivity contribution in [2.75, 3.05) is 19.6 Å². The minimum atomic E-state index is 0. The van der Waals surface area contributed by atoms with Gasteiger partial charge in [-0.3, -0.25) is 0 Å². The summed E-state index contributed by atoms with van der Waals surface area (Å²) in [5.74, 6) is 0. The highest BCUT2D eigenvalue weighted by Gasteiger charge is 2.12. The van der Waals surface area contributed by atoms with Gasteiger partial charge in [0.1, 0.15) is 0 Å². The second-order valence-corrected chi connectivity index (χ2v) is 5.50. The number of likely N-dealkylation sites (tertiary alicyclic amines) is 1. The van der Waals surface area contributed by atoms with Crippen LogP contribution in [0.15, 0.2) is 30.3 Å². The van der Waals surface area contributed by atoms with Gasteiger partial charge >= 0.3 is 0 Å². The van der Waals surface area contributed by atoms with Crippen molar-refractivity contribution >= 4 is 24.8 Å². The molecule has 0 aromatic heterocycles. The maximum absolute atomic E-state index is 6.26. The van der Waals surface area contributed by atoms with E-state index in [9.17, 15) is 0 Å². The fourth-order valence-electron chi connectivity index (χ4n) is 2.74. The zero-order valence-electron chi connectivity index (χ0n) is 12.2. The fourth-order valence-corrected chi connectivity index (χ4v) is 2.74. The van der Waals surface area contributed by atoms with Crippen LogP contribution in [0.1, 0.15) is 37.7 Å². The van der Waals surface area contributed by atoms with Gasteiger partial charge in [-0.2, -0.15) is 0 Å². The fraction of sp³-hybridized carbons (Fsp3) is 0.625. The molecule has 0 bridgehead atoms. The first-order valence-corrected chi connectivity index (χ1v) is 7.36. The largest absolute Gasteiger partial charge is 0.327 e. The third kappa shape index (κ3) is 7.49. The predicted molar refractivity (Wildman–Crippen MR) is 92.1 cm³/mol. The van der Waals surface area contributed by atoms with Gasteiger partial charge in [-0.15, -0.1) is 24.8 Å². The molecule has 2 nitrogen and oxygen atoms in total. The SMILES string of the molecule is Cl.Cl.NC(CCc1ccccc1)CN1CCCCCC1. The molecule has 1 heterocycles. The van der Waals surface area contributed by atoms with E-state index in [2.05, 4.69) is 35.2 Å². The zero-order valence-corrected chi connectivity index (χ0v) is 13.8. The van der Waals surface area contributed by atoms with Crippen molar-refractivity contribution < 1.29 is 0 Å². The highest BCUT2D eigenvalue weighted by Crippen LogP contribution is 2.11. The second kappa shape index (κ2) is 11.4. The van der Waals surface area contributed by atoms with Crippen LogP contribution in [0.4, 0.5) is 0 Å². The van der Waals surface area contributed by atoms with Crippen molar-refractivity contribution in [3.63, 3.8) is 0 Å². The molecule has 4 heteroatoms. The van der Waals surface area contributed by atoms with Crippen molar-refractivity contribution in [2.45, 2.75) is 44.6 Å². The lowest BCUT2D eigenvalue weighted by molar-refractivity contribution is 0.262. The van der Waals surface area contributed by atoms with Gasteiger partial charge in [0.2, 0.25) is 0 Å². The van der Waals surface area contributed by atoms with E-state index in [0.717, 1.165) is 19.4 Å². The van der Waals surface area contributed by atoms with Gasteiger partial charge in [-0.25, -0.2) is 0 Å². The molecule has 1 unspecified atom stereocenters. The molecular formula is C16H28Cl2N2. The molecule has 0 radical (unpaired) electrons. The maximum Gasteiger partial charge on any atom is 0.0170 e. The van der Waals surface area contributed by atoms with Crippen LogP contribution in [0.5, 0.6) is 0 Å². The minimum Gasteiger partial charge on any atom is -0.327 e. The Bertz CT molecular complexity index is 325. The third-order valence-electron chi connectivity index (χ3n) is 3.84. The molecule has 1 aliphatic heterocycles. The summed E-state index contributed by atoms with van der Waals surface area (Å²) < 4.78 is 0. The summed E-state index contributed by atoms with van der Waals surface area (Å²) in [6, 6.07) is 11.0. The number of hydrogen-bond donors (Lipinski definition) is 1. The van der Waals surface area contributed by atoms with E-state index in [0.29, 0.717) is 6.04 Å². The standard InChI is InChI=1S/C16H26N2.2ClH/c17-16(11-10-15-8-4-3-5-9-15)14-18-12-6-1-2-7-13-18;;/h3-5,8-9,16H,1-2,6-7,10-14,17H2;2*1H. The molecule has 0 spiro atoms. The van der Waals surface area contributed by atoms with Crippen LogP contribution in [0, 0.1) is 0 Å². The zero-order chi connectivity index (χ0) is 12.6. The van der Waals surface area contributed by atoms with Crippen LogP contribution in [0.3, 0.4) is 0 Å². The quantitative estimate of drug-likeness (QED) is 0.897. The highest BCUT2D eigenvalue weighted by molar-refractivity contribution is 5.85. The van der Waals surface area contributed by atoms with E-state index in [1.54, 1.807) is 0 Å². The number of rotatable bonds is 5. The number of benzene rings is 1. The molecule has 2 N–H and O–H groups in total. The second-order valence-electron chi connectivity index (χ2n) is 5.50. The number of halogens is 2. The Labute approximate surface area is 135 Å². The number of hydrogen-bond acceptors (Lipinski definition) is 2. The molecule has 1 aliphatic rings.